The first-order valence-electron chi connectivity index (χ1n) is 10.7. The molecule has 3 aromatic rings. The largest absolute Gasteiger partial charge is 0.481 e. The number of carbonyl (C=O) groups excluding carboxylic acids is 1. The lowest BCUT2D eigenvalue weighted by Gasteiger charge is -2.19. The number of nitrogens with one attached hydrogen (secondary N) is 1. The molecule has 2 aromatic carbocycles. The zero-order chi connectivity index (χ0) is 22.9. The normalized spacial score (nSPS) is 13.8. The molecule has 5 nitrogen and oxygen atoms in total. The molecule has 0 spiro atoms. The number of carboxylic acid groups (broad SMARTS) is 1. The quantitative estimate of drug-likeness (QED) is 0.477. The molecule has 1 aliphatic carbocycles. The molecule has 6 heteroatoms. The smallest absolute Gasteiger partial charge is 0.407 e. The van der Waals surface area contributed by atoms with Crippen molar-refractivity contribution in [3.63, 3.8) is 0 Å². The van der Waals surface area contributed by atoms with Crippen LogP contribution in [0, 0.1) is 0 Å². The maximum Gasteiger partial charge on any atom is 0.407 e. The number of alkyl carbamates (subject to hydrolysis) is 1. The van der Waals surface area contributed by atoms with Gasteiger partial charge in [-0.15, -0.1) is 11.3 Å². The lowest BCUT2D eigenvalue weighted by atomic mass is 9.95. The van der Waals surface area contributed by atoms with Crippen LogP contribution in [-0.2, 0) is 14.9 Å². The third-order valence-electron chi connectivity index (χ3n) is 5.72. The summed E-state index contributed by atoms with van der Waals surface area (Å²) < 4.78 is 5.61. The van der Waals surface area contributed by atoms with Crippen molar-refractivity contribution in [3.8, 4) is 11.1 Å². The molecule has 1 amide bonds. The maximum atomic E-state index is 12.7. The van der Waals surface area contributed by atoms with Crippen LogP contribution in [0.25, 0.3) is 11.1 Å². The van der Waals surface area contributed by atoms with Crippen molar-refractivity contribution in [2.45, 2.75) is 44.6 Å². The number of carbonyl (C=O) groups is 2. The Kier molecular flexibility index (Phi) is 6.07. The third kappa shape index (κ3) is 4.55. The number of fused-ring (bicyclic) bond motifs is 3. The Morgan fingerprint density at radius 2 is 1.59 bits per heavy atom. The molecule has 0 fully saturated rings. The summed E-state index contributed by atoms with van der Waals surface area (Å²) in [5, 5.41) is 12.1. The van der Waals surface area contributed by atoms with E-state index in [0.29, 0.717) is 0 Å². The van der Waals surface area contributed by atoms with Crippen LogP contribution < -0.4 is 5.32 Å². The van der Waals surface area contributed by atoms with Gasteiger partial charge in [-0.25, -0.2) is 4.79 Å². The number of hydrogen-bond donors (Lipinski definition) is 2. The number of hydrogen-bond acceptors (Lipinski definition) is 4. The molecule has 1 heterocycles. The summed E-state index contributed by atoms with van der Waals surface area (Å²) in [6, 6.07) is 19.5. The van der Waals surface area contributed by atoms with Crippen LogP contribution in [0.1, 0.15) is 60.0 Å². The highest BCUT2D eigenvalue weighted by atomic mass is 32.1. The Hall–Kier alpha value is -3.12. The summed E-state index contributed by atoms with van der Waals surface area (Å²) in [6.07, 6.45) is -0.808. The zero-order valence-corrected chi connectivity index (χ0v) is 19.2. The fourth-order valence-electron chi connectivity index (χ4n) is 4.12. The fourth-order valence-corrected chi connectivity index (χ4v) is 5.24. The SMILES string of the molecule is CC(C)(C)c1ccc([C@@H](CC(=O)O)NC(=O)OCC2c3ccccc3-c3ccccc32)s1. The Balaban J connectivity index is 1.47. The number of carboxylic acids is 1. The van der Waals surface area contributed by atoms with Gasteiger partial charge in [-0.3, -0.25) is 4.79 Å². The van der Waals surface area contributed by atoms with Gasteiger partial charge in [0.25, 0.3) is 0 Å². The van der Waals surface area contributed by atoms with E-state index in [9.17, 15) is 14.7 Å². The Labute approximate surface area is 192 Å². The first-order valence-corrected chi connectivity index (χ1v) is 11.5. The zero-order valence-electron chi connectivity index (χ0n) is 18.4. The summed E-state index contributed by atoms with van der Waals surface area (Å²) in [6.45, 7) is 6.51. The topological polar surface area (TPSA) is 75.6 Å². The van der Waals surface area contributed by atoms with Gasteiger partial charge in [0, 0.05) is 15.7 Å². The second-order valence-electron chi connectivity index (χ2n) is 9.07. The van der Waals surface area contributed by atoms with Gasteiger partial charge in [-0.2, -0.15) is 0 Å². The van der Waals surface area contributed by atoms with E-state index in [1.807, 2.05) is 36.4 Å². The third-order valence-corrected chi connectivity index (χ3v) is 7.35. The van der Waals surface area contributed by atoms with Crippen LogP contribution in [0.15, 0.2) is 60.7 Å². The van der Waals surface area contributed by atoms with E-state index in [2.05, 4.69) is 50.4 Å². The van der Waals surface area contributed by atoms with Crippen molar-refractivity contribution in [2.75, 3.05) is 6.61 Å². The Morgan fingerprint density at radius 1 is 1.00 bits per heavy atom. The number of rotatable bonds is 6. The van der Waals surface area contributed by atoms with E-state index in [4.69, 9.17) is 4.74 Å². The van der Waals surface area contributed by atoms with E-state index in [0.717, 1.165) is 32.0 Å². The molecule has 2 N–H and O–H groups in total. The van der Waals surface area contributed by atoms with Crippen LogP contribution >= 0.6 is 11.3 Å². The fraction of sp³-hybridized carbons (Fsp3) is 0.308. The number of benzene rings is 2. The molecule has 0 aliphatic heterocycles. The first kappa shape index (κ1) is 22.1. The van der Waals surface area contributed by atoms with Crippen LogP contribution in [0.2, 0.25) is 0 Å². The molecule has 166 valence electrons. The summed E-state index contributed by atoms with van der Waals surface area (Å²) in [5.74, 6) is -1.01. The van der Waals surface area contributed by atoms with Crippen molar-refractivity contribution in [2.24, 2.45) is 0 Å². The number of aliphatic carboxylic acids is 1. The lowest BCUT2D eigenvalue weighted by molar-refractivity contribution is -0.137. The van der Waals surface area contributed by atoms with Gasteiger partial charge in [0.15, 0.2) is 0 Å². The molecule has 4 rings (SSSR count). The minimum absolute atomic E-state index is 0.0412. The van der Waals surface area contributed by atoms with Crippen molar-refractivity contribution >= 4 is 23.4 Å². The molecule has 0 bridgehead atoms. The highest BCUT2D eigenvalue weighted by Gasteiger charge is 2.30. The molecule has 1 aromatic heterocycles. The number of thiophene rings is 1. The minimum atomic E-state index is -0.973. The van der Waals surface area contributed by atoms with E-state index in [1.54, 1.807) is 0 Å². The molecule has 1 aliphatic rings. The predicted octanol–water partition coefficient (Wildman–Crippen LogP) is 6.10. The molecule has 1 atom stereocenters. The molecule has 32 heavy (non-hydrogen) atoms. The van der Waals surface area contributed by atoms with Gasteiger partial charge in [0.1, 0.15) is 6.61 Å². The summed E-state index contributed by atoms with van der Waals surface area (Å²) in [5.41, 5.74) is 4.55. The summed E-state index contributed by atoms with van der Waals surface area (Å²) in [4.78, 5) is 26.0. The van der Waals surface area contributed by atoms with E-state index < -0.39 is 18.1 Å². The van der Waals surface area contributed by atoms with Crippen LogP contribution in [0.4, 0.5) is 4.79 Å². The highest BCUT2D eigenvalue weighted by molar-refractivity contribution is 7.12. The molecule has 0 unspecified atom stereocenters. The van der Waals surface area contributed by atoms with Crippen LogP contribution in [-0.4, -0.2) is 23.8 Å². The summed E-state index contributed by atoms with van der Waals surface area (Å²) in [7, 11) is 0. The average molecular weight is 450 g/mol. The monoisotopic (exact) mass is 449 g/mol. The van der Waals surface area contributed by atoms with Crippen LogP contribution in [0.3, 0.4) is 0 Å². The molecular weight excluding hydrogens is 422 g/mol. The maximum absolute atomic E-state index is 12.7. The van der Waals surface area contributed by atoms with E-state index >= 15 is 0 Å². The Bertz CT molecular complexity index is 1100. The van der Waals surface area contributed by atoms with Gasteiger partial charge in [-0.05, 0) is 39.8 Å². The first-order chi connectivity index (χ1) is 15.2. The molecule has 0 saturated carbocycles. The van der Waals surface area contributed by atoms with Crippen molar-refractivity contribution < 1.29 is 19.4 Å². The lowest BCUT2D eigenvalue weighted by Crippen LogP contribution is -2.31. The molecule has 0 radical (unpaired) electrons. The predicted molar refractivity (Wildman–Crippen MR) is 126 cm³/mol. The van der Waals surface area contributed by atoms with Crippen LogP contribution in [0.5, 0.6) is 0 Å². The minimum Gasteiger partial charge on any atom is -0.481 e. The number of ether oxygens (including phenoxy) is 1. The van der Waals surface area contributed by atoms with Gasteiger partial charge in [0.2, 0.25) is 0 Å². The summed E-state index contributed by atoms with van der Waals surface area (Å²) >= 11 is 1.52. The second kappa shape index (κ2) is 8.79. The van der Waals surface area contributed by atoms with E-state index in [1.165, 1.54) is 11.3 Å². The Morgan fingerprint density at radius 3 is 2.12 bits per heavy atom. The van der Waals surface area contributed by atoms with Crippen molar-refractivity contribution in [1.82, 2.24) is 5.32 Å². The van der Waals surface area contributed by atoms with Gasteiger partial charge < -0.3 is 15.2 Å². The van der Waals surface area contributed by atoms with Gasteiger partial charge >= 0.3 is 12.1 Å². The van der Waals surface area contributed by atoms with Gasteiger partial charge in [0.05, 0.1) is 12.5 Å². The number of amides is 1. The van der Waals surface area contributed by atoms with E-state index in [-0.39, 0.29) is 24.4 Å². The van der Waals surface area contributed by atoms with Gasteiger partial charge in [-0.1, -0.05) is 69.3 Å². The average Bonchev–Trinajstić information content (AvgIpc) is 3.35. The van der Waals surface area contributed by atoms with Crippen molar-refractivity contribution in [1.29, 1.82) is 0 Å². The standard InChI is InChI=1S/C26H27NO4S/c1-26(2,3)23-13-12-22(32-23)21(14-24(28)29)27-25(30)31-15-20-18-10-6-4-8-16(18)17-9-5-7-11-19(17)20/h4-13,20-21H,14-15H2,1-3H3,(H,27,30)(H,28,29)/t21-/m1/s1. The molecular formula is C26H27NO4S. The van der Waals surface area contributed by atoms with Crippen molar-refractivity contribution in [3.05, 3.63) is 81.5 Å². The highest BCUT2D eigenvalue weighted by Crippen LogP contribution is 2.44. The second-order valence-corrected chi connectivity index (χ2v) is 10.2. The molecule has 0 saturated heterocycles.